The van der Waals surface area contributed by atoms with E-state index in [9.17, 15) is 0 Å². The van der Waals surface area contributed by atoms with E-state index in [0.717, 1.165) is 17.8 Å². The highest BCUT2D eigenvalue weighted by atomic mass is 15.1. The van der Waals surface area contributed by atoms with Crippen molar-refractivity contribution in [2.45, 2.75) is 27.3 Å². The molecule has 0 N–H and O–H groups in total. The van der Waals surface area contributed by atoms with Crippen molar-refractivity contribution in [3.8, 4) is 0 Å². The molecule has 3 heteroatoms. The Hall–Kier alpha value is -1.38. The molecule has 0 aromatic carbocycles. The number of rotatable bonds is 1. The quantitative estimate of drug-likeness (QED) is 0.664. The Labute approximate surface area is 77.4 Å². The lowest BCUT2D eigenvalue weighted by atomic mass is 10.3. The Bertz CT molecular complexity index is 443. The van der Waals surface area contributed by atoms with Gasteiger partial charge in [-0.1, -0.05) is 0 Å². The van der Waals surface area contributed by atoms with Crippen molar-refractivity contribution in [2.75, 3.05) is 0 Å². The van der Waals surface area contributed by atoms with Gasteiger partial charge in [0.1, 0.15) is 5.52 Å². The highest BCUT2D eigenvalue weighted by Gasteiger charge is 2.05. The average Bonchev–Trinajstić information content (AvgIpc) is 2.42. The van der Waals surface area contributed by atoms with Gasteiger partial charge in [0.15, 0.2) is 0 Å². The molecule has 2 heterocycles. The van der Waals surface area contributed by atoms with E-state index in [1.54, 1.807) is 0 Å². The van der Waals surface area contributed by atoms with Crippen LogP contribution >= 0.6 is 0 Å². The lowest BCUT2D eigenvalue weighted by Crippen LogP contribution is -1.93. The second-order valence-electron chi connectivity index (χ2n) is 3.32. The molecule has 0 fully saturated rings. The predicted octanol–water partition coefficient (Wildman–Crippen LogP) is 2.07. The van der Waals surface area contributed by atoms with E-state index >= 15 is 0 Å². The second kappa shape index (κ2) is 2.83. The third-order valence-electron chi connectivity index (χ3n) is 2.27. The molecule has 2 rings (SSSR count). The number of hydrogen-bond acceptors (Lipinski definition) is 2. The zero-order valence-corrected chi connectivity index (χ0v) is 8.20. The van der Waals surface area contributed by atoms with Crippen LogP contribution in [0.15, 0.2) is 12.3 Å². The maximum absolute atomic E-state index is 4.18. The standard InChI is InChI=1S/C10H13N3/c1-4-13-6-7(2)10-9(13)5-8(3)11-12-10/h5-6H,4H2,1-3H3. The fourth-order valence-corrected chi connectivity index (χ4v) is 1.60. The minimum absolute atomic E-state index is 0.973. The summed E-state index contributed by atoms with van der Waals surface area (Å²) in [5, 5.41) is 8.23. The van der Waals surface area contributed by atoms with Gasteiger partial charge in [-0.25, -0.2) is 0 Å². The van der Waals surface area contributed by atoms with Gasteiger partial charge < -0.3 is 4.57 Å². The van der Waals surface area contributed by atoms with E-state index in [0.29, 0.717) is 0 Å². The van der Waals surface area contributed by atoms with Crippen molar-refractivity contribution >= 4 is 11.0 Å². The molecule has 0 saturated carbocycles. The third-order valence-corrected chi connectivity index (χ3v) is 2.27. The molecule has 0 amide bonds. The van der Waals surface area contributed by atoms with E-state index in [1.165, 1.54) is 11.1 Å². The van der Waals surface area contributed by atoms with Crippen molar-refractivity contribution in [1.29, 1.82) is 0 Å². The molecule has 0 radical (unpaired) electrons. The first-order valence-electron chi connectivity index (χ1n) is 4.52. The maximum Gasteiger partial charge on any atom is 0.114 e. The fourth-order valence-electron chi connectivity index (χ4n) is 1.60. The normalized spacial score (nSPS) is 11.0. The summed E-state index contributed by atoms with van der Waals surface area (Å²) in [7, 11) is 0. The molecule has 0 aliphatic carbocycles. The van der Waals surface area contributed by atoms with Crippen molar-refractivity contribution in [3.05, 3.63) is 23.5 Å². The van der Waals surface area contributed by atoms with Gasteiger partial charge >= 0.3 is 0 Å². The molecule has 0 aliphatic heterocycles. The van der Waals surface area contributed by atoms with Crippen LogP contribution in [0.4, 0.5) is 0 Å². The molecular formula is C10H13N3. The summed E-state index contributed by atoms with van der Waals surface area (Å²) in [5.41, 5.74) is 4.38. The van der Waals surface area contributed by atoms with E-state index in [4.69, 9.17) is 0 Å². The lowest BCUT2D eigenvalue weighted by molar-refractivity contribution is 0.793. The monoisotopic (exact) mass is 175 g/mol. The van der Waals surface area contributed by atoms with Crippen molar-refractivity contribution < 1.29 is 0 Å². The minimum Gasteiger partial charge on any atom is -0.346 e. The Morgan fingerprint density at radius 3 is 2.77 bits per heavy atom. The molecule has 0 unspecified atom stereocenters. The molecule has 0 bridgehead atoms. The van der Waals surface area contributed by atoms with Crippen LogP contribution in [-0.4, -0.2) is 14.8 Å². The van der Waals surface area contributed by atoms with Crippen LogP contribution in [0.5, 0.6) is 0 Å². The molecule has 0 saturated heterocycles. The lowest BCUT2D eigenvalue weighted by Gasteiger charge is -1.99. The van der Waals surface area contributed by atoms with Gasteiger partial charge in [-0.3, -0.25) is 0 Å². The molecule has 2 aromatic heterocycles. The van der Waals surface area contributed by atoms with E-state index in [-0.39, 0.29) is 0 Å². The Morgan fingerprint density at radius 2 is 2.08 bits per heavy atom. The molecule has 13 heavy (non-hydrogen) atoms. The molecule has 0 atom stereocenters. The highest BCUT2D eigenvalue weighted by Crippen LogP contribution is 2.17. The van der Waals surface area contributed by atoms with Crippen LogP contribution in [0.1, 0.15) is 18.2 Å². The van der Waals surface area contributed by atoms with Crippen LogP contribution in [0.25, 0.3) is 11.0 Å². The number of aromatic nitrogens is 3. The summed E-state index contributed by atoms with van der Waals surface area (Å²) >= 11 is 0. The first kappa shape index (κ1) is 8.23. The summed E-state index contributed by atoms with van der Waals surface area (Å²) in [6, 6.07) is 2.08. The molecular weight excluding hydrogens is 162 g/mol. The van der Waals surface area contributed by atoms with E-state index in [1.807, 2.05) is 6.92 Å². The Morgan fingerprint density at radius 1 is 1.31 bits per heavy atom. The molecule has 3 nitrogen and oxygen atoms in total. The van der Waals surface area contributed by atoms with Gasteiger partial charge in [-0.2, -0.15) is 5.10 Å². The number of nitrogens with zero attached hydrogens (tertiary/aromatic N) is 3. The molecule has 0 aliphatic rings. The zero-order valence-electron chi connectivity index (χ0n) is 8.20. The van der Waals surface area contributed by atoms with Crippen LogP contribution in [-0.2, 0) is 6.54 Å². The summed E-state index contributed by atoms with van der Waals surface area (Å²) in [4.78, 5) is 0. The van der Waals surface area contributed by atoms with Crippen molar-refractivity contribution in [1.82, 2.24) is 14.8 Å². The number of hydrogen-bond donors (Lipinski definition) is 0. The Kier molecular flexibility index (Phi) is 1.79. The number of fused-ring (bicyclic) bond motifs is 1. The van der Waals surface area contributed by atoms with Gasteiger partial charge in [0.25, 0.3) is 0 Å². The van der Waals surface area contributed by atoms with Crippen LogP contribution in [0.2, 0.25) is 0 Å². The minimum atomic E-state index is 0.973. The fraction of sp³-hybridized carbons (Fsp3) is 0.400. The second-order valence-corrected chi connectivity index (χ2v) is 3.32. The van der Waals surface area contributed by atoms with Crippen LogP contribution in [0.3, 0.4) is 0 Å². The molecule has 0 spiro atoms. The summed E-state index contributed by atoms with van der Waals surface area (Å²) in [5.74, 6) is 0. The first-order chi connectivity index (χ1) is 6.22. The summed E-state index contributed by atoms with van der Waals surface area (Å²) < 4.78 is 2.20. The first-order valence-corrected chi connectivity index (χ1v) is 4.52. The maximum atomic E-state index is 4.18. The smallest absolute Gasteiger partial charge is 0.114 e. The van der Waals surface area contributed by atoms with Gasteiger partial charge in [0.05, 0.1) is 11.2 Å². The molecule has 2 aromatic rings. The van der Waals surface area contributed by atoms with Gasteiger partial charge in [0, 0.05) is 12.7 Å². The van der Waals surface area contributed by atoms with Gasteiger partial charge in [0.2, 0.25) is 0 Å². The van der Waals surface area contributed by atoms with Crippen LogP contribution < -0.4 is 0 Å². The highest BCUT2D eigenvalue weighted by molar-refractivity contribution is 5.79. The van der Waals surface area contributed by atoms with Crippen LogP contribution in [0, 0.1) is 13.8 Å². The summed E-state index contributed by atoms with van der Waals surface area (Å²) in [6.07, 6.45) is 2.12. The predicted molar refractivity (Wildman–Crippen MR) is 52.7 cm³/mol. The largest absolute Gasteiger partial charge is 0.346 e. The topological polar surface area (TPSA) is 30.7 Å². The summed E-state index contributed by atoms with van der Waals surface area (Å²) in [6.45, 7) is 7.15. The SMILES string of the molecule is CCn1cc(C)c2nnc(C)cc21. The zero-order chi connectivity index (χ0) is 9.42. The third kappa shape index (κ3) is 1.20. The van der Waals surface area contributed by atoms with E-state index < -0.39 is 0 Å². The van der Waals surface area contributed by atoms with Crippen molar-refractivity contribution in [3.63, 3.8) is 0 Å². The molecule has 68 valence electrons. The Balaban J connectivity index is 2.81. The van der Waals surface area contributed by atoms with E-state index in [2.05, 4.69) is 40.9 Å². The van der Waals surface area contributed by atoms with Gasteiger partial charge in [-0.15, -0.1) is 5.10 Å². The number of aryl methyl sites for hydroxylation is 3. The van der Waals surface area contributed by atoms with Crippen molar-refractivity contribution in [2.24, 2.45) is 0 Å². The average molecular weight is 175 g/mol. The van der Waals surface area contributed by atoms with Gasteiger partial charge in [-0.05, 0) is 32.4 Å².